The summed E-state index contributed by atoms with van der Waals surface area (Å²) >= 11 is 5.84. The first-order valence-corrected chi connectivity index (χ1v) is 7.87. The molecule has 0 saturated heterocycles. The van der Waals surface area contributed by atoms with E-state index in [2.05, 4.69) is 29.2 Å². The van der Waals surface area contributed by atoms with Crippen molar-refractivity contribution >= 4 is 17.5 Å². The van der Waals surface area contributed by atoms with E-state index in [0.29, 0.717) is 23.3 Å². The normalized spacial score (nSPS) is 11.0. The Hall–Kier alpha value is -1.88. The largest absolute Gasteiger partial charge is 0.348 e. The highest BCUT2D eigenvalue weighted by Gasteiger charge is 2.17. The SMILES string of the molecule is CCC(CC)n1ncc(C(=O)NCc2ccnc(Cl)c2)c1C. The molecule has 0 aliphatic rings. The summed E-state index contributed by atoms with van der Waals surface area (Å²) in [5.41, 5.74) is 2.43. The molecular weight excluding hydrogens is 300 g/mol. The molecule has 2 aromatic heterocycles. The monoisotopic (exact) mass is 320 g/mol. The van der Waals surface area contributed by atoms with Gasteiger partial charge in [-0.3, -0.25) is 9.48 Å². The van der Waals surface area contributed by atoms with Crippen molar-refractivity contribution in [2.24, 2.45) is 0 Å². The molecule has 0 saturated carbocycles. The summed E-state index contributed by atoms with van der Waals surface area (Å²) in [5.74, 6) is -0.123. The topological polar surface area (TPSA) is 59.8 Å². The first kappa shape index (κ1) is 16.5. The number of halogens is 1. The van der Waals surface area contributed by atoms with Crippen LogP contribution in [0.2, 0.25) is 5.15 Å². The van der Waals surface area contributed by atoms with Crippen LogP contribution >= 0.6 is 11.6 Å². The van der Waals surface area contributed by atoms with Crippen LogP contribution in [0.15, 0.2) is 24.5 Å². The van der Waals surface area contributed by atoms with Crippen molar-refractivity contribution in [1.82, 2.24) is 20.1 Å². The molecule has 1 amide bonds. The van der Waals surface area contributed by atoms with Crippen LogP contribution in [0.3, 0.4) is 0 Å². The lowest BCUT2D eigenvalue weighted by Gasteiger charge is -2.15. The summed E-state index contributed by atoms with van der Waals surface area (Å²) in [6.45, 7) is 6.60. The first-order valence-electron chi connectivity index (χ1n) is 7.49. The molecular formula is C16H21ClN4O. The highest BCUT2D eigenvalue weighted by Crippen LogP contribution is 2.19. The smallest absolute Gasteiger partial charge is 0.255 e. The minimum absolute atomic E-state index is 0.123. The van der Waals surface area contributed by atoms with Crippen molar-refractivity contribution in [2.45, 2.75) is 46.2 Å². The van der Waals surface area contributed by atoms with Gasteiger partial charge < -0.3 is 5.32 Å². The maximum atomic E-state index is 12.3. The molecule has 0 atom stereocenters. The third-order valence-corrected chi connectivity index (χ3v) is 4.03. The predicted octanol–water partition coefficient (Wildman–Crippen LogP) is 3.53. The quantitative estimate of drug-likeness (QED) is 0.828. The van der Waals surface area contributed by atoms with Crippen LogP contribution < -0.4 is 5.32 Å². The van der Waals surface area contributed by atoms with Crippen LogP contribution in [-0.4, -0.2) is 20.7 Å². The number of carbonyl (C=O) groups excluding carboxylic acids is 1. The van der Waals surface area contributed by atoms with E-state index < -0.39 is 0 Å². The number of amides is 1. The molecule has 1 N–H and O–H groups in total. The van der Waals surface area contributed by atoms with Gasteiger partial charge >= 0.3 is 0 Å². The van der Waals surface area contributed by atoms with E-state index in [9.17, 15) is 4.79 Å². The Balaban J connectivity index is 2.07. The van der Waals surface area contributed by atoms with Crippen LogP contribution in [0, 0.1) is 6.92 Å². The number of rotatable bonds is 6. The van der Waals surface area contributed by atoms with E-state index in [1.165, 1.54) is 0 Å². The molecule has 0 aliphatic heterocycles. The summed E-state index contributed by atoms with van der Waals surface area (Å²) < 4.78 is 1.94. The van der Waals surface area contributed by atoms with Crippen LogP contribution in [0.5, 0.6) is 0 Å². The van der Waals surface area contributed by atoms with E-state index in [1.54, 1.807) is 18.5 Å². The van der Waals surface area contributed by atoms with Crippen LogP contribution in [-0.2, 0) is 6.54 Å². The maximum Gasteiger partial charge on any atom is 0.255 e. The zero-order valence-corrected chi connectivity index (χ0v) is 13.9. The van der Waals surface area contributed by atoms with Gasteiger partial charge in [0.05, 0.1) is 17.8 Å². The Labute approximate surface area is 135 Å². The molecule has 6 heteroatoms. The van der Waals surface area contributed by atoms with Crippen molar-refractivity contribution in [3.8, 4) is 0 Å². The number of nitrogens with one attached hydrogen (secondary N) is 1. The molecule has 0 aliphatic carbocycles. The van der Waals surface area contributed by atoms with Crippen LogP contribution in [0.4, 0.5) is 0 Å². The minimum atomic E-state index is -0.123. The van der Waals surface area contributed by atoms with E-state index >= 15 is 0 Å². The molecule has 2 aromatic rings. The average Bonchev–Trinajstić information content (AvgIpc) is 2.88. The lowest BCUT2D eigenvalue weighted by Crippen LogP contribution is -2.23. The predicted molar refractivity (Wildman–Crippen MR) is 87.0 cm³/mol. The van der Waals surface area contributed by atoms with Crippen molar-refractivity contribution < 1.29 is 4.79 Å². The zero-order chi connectivity index (χ0) is 16.1. The molecule has 0 radical (unpaired) electrons. The number of hydrogen-bond acceptors (Lipinski definition) is 3. The molecule has 2 rings (SSSR count). The molecule has 118 valence electrons. The fraction of sp³-hybridized carbons (Fsp3) is 0.438. The number of nitrogens with zero attached hydrogens (tertiary/aromatic N) is 3. The van der Waals surface area contributed by atoms with Crippen LogP contribution in [0.25, 0.3) is 0 Å². The van der Waals surface area contributed by atoms with Crippen LogP contribution in [0.1, 0.15) is 54.3 Å². The van der Waals surface area contributed by atoms with Crippen molar-refractivity contribution in [1.29, 1.82) is 0 Å². The number of hydrogen-bond donors (Lipinski definition) is 1. The molecule has 0 fully saturated rings. The Morgan fingerprint density at radius 3 is 2.77 bits per heavy atom. The molecule has 0 bridgehead atoms. The van der Waals surface area contributed by atoms with Gasteiger partial charge in [-0.25, -0.2) is 4.98 Å². The summed E-state index contributed by atoms with van der Waals surface area (Å²) in [6, 6.07) is 3.90. The average molecular weight is 321 g/mol. The lowest BCUT2D eigenvalue weighted by molar-refractivity contribution is 0.0950. The Kier molecular flexibility index (Phi) is 5.55. The van der Waals surface area contributed by atoms with E-state index in [-0.39, 0.29) is 5.91 Å². The third-order valence-electron chi connectivity index (χ3n) is 3.82. The summed E-state index contributed by atoms with van der Waals surface area (Å²) in [7, 11) is 0. The number of carbonyl (C=O) groups is 1. The fourth-order valence-corrected chi connectivity index (χ4v) is 2.68. The Morgan fingerprint density at radius 1 is 1.41 bits per heavy atom. The molecule has 0 aromatic carbocycles. The second-order valence-electron chi connectivity index (χ2n) is 5.23. The van der Waals surface area contributed by atoms with E-state index in [0.717, 1.165) is 24.1 Å². The van der Waals surface area contributed by atoms with Gasteiger partial charge in [0.25, 0.3) is 5.91 Å². The van der Waals surface area contributed by atoms with Gasteiger partial charge in [-0.2, -0.15) is 5.10 Å². The first-order chi connectivity index (χ1) is 10.6. The number of pyridine rings is 1. The van der Waals surface area contributed by atoms with Gasteiger partial charge in [0.1, 0.15) is 5.15 Å². The van der Waals surface area contributed by atoms with Crippen molar-refractivity contribution in [3.05, 3.63) is 46.5 Å². The van der Waals surface area contributed by atoms with Gasteiger partial charge in [0, 0.05) is 18.4 Å². The second-order valence-corrected chi connectivity index (χ2v) is 5.62. The van der Waals surface area contributed by atoms with Gasteiger partial charge in [0.2, 0.25) is 0 Å². The van der Waals surface area contributed by atoms with E-state index in [4.69, 9.17) is 11.6 Å². The highest BCUT2D eigenvalue weighted by atomic mass is 35.5. The molecule has 0 spiro atoms. The zero-order valence-electron chi connectivity index (χ0n) is 13.1. The molecule has 5 nitrogen and oxygen atoms in total. The highest BCUT2D eigenvalue weighted by molar-refractivity contribution is 6.29. The van der Waals surface area contributed by atoms with Crippen molar-refractivity contribution in [2.75, 3.05) is 0 Å². The maximum absolute atomic E-state index is 12.3. The van der Waals surface area contributed by atoms with Gasteiger partial charge in [0.15, 0.2) is 0 Å². The fourth-order valence-electron chi connectivity index (χ4n) is 2.48. The lowest BCUT2D eigenvalue weighted by atomic mass is 10.1. The summed E-state index contributed by atoms with van der Waals surface area (Å²) in [4.78, 5) is 16.2. The number of aromatic nitrogens is 3. The summed E-state index contributed by atoms with van der Waals surface area (Å²) in [6.07, 6.45) is 5.26. The second kappa shape index (κ2) is 7.40. The molecule has 2 heterocycles. The molecule has 0 unspecified atom stereocenters. The van der Waals surface area contributed by atoms with Gasteiger partial charge in [-0.1, -0.05) is 25.4 Å². The van der Waals surface area contributed by atoms with E-state index in [1.807, 2.05) is 17.7 Å². The van der Waals surface area contributed by atoms with Crippen molar-refractivity contribution in [3.63, 3.8) is 0 Å². The Morgan fingerprint density at radius 2 is 2.14 bits per heavy atom. The van der Waals surface area contributed by atoms with Gasteiger partial charge in [-0.05, 0) is 37.5 Å². The third kappa shape index (κ3) is 3.65. The van der Waals surface area contributed by atoms with Gasteiger partial charge in [-0.15, -0.1) is 0 Å². The summed E-state index contributed by atoms with van der Waals surface area (Å²) in [5, 5.41) is 7.69. The Bertz CT molecular complexity index is 649. The molecule has 22 heavy (non-hydrogen) atoms. The standard InChI is InChI=1S/C16H21ClN4O/c1-4-13(5-2)21-11(3)14(10-20-21)16(22)19-9-12-6-7-18-15(17)8-12/h6-8,10,13H,4-5,9H2,1-3H3,(H,19,22). The minimum Gasteiger partial charge on any atom is -0.348 e.